The van der Waals surface area contributed by atoms with Crippen LogP contribution in [0.5, 0.6) is 0 Å². The van der Waals surface area contributed by atoms with Gasteiger partial charge in [0.05, 0.1) is 0 Å². The Morgan fingerprint density at radius 3 is 1.95 bits per heavy atom. The first-order chi connectivity index (χ1) is 8.58. The standard InChI is InChI=1S/C17H28FN/c1-16(2,3)14-9-7-13(8-10-14)11-15(18)12-19-17(4,5)6/h7-10,15,19H,11-12H2,1-6H3. The van der Waals surface area contributed by atoms with Crippen LogP contribution in [0.25, 0.3) is 0 Å². The highest BCUT2D eigenvalue weighted by Crippen LogP contribution is 2.22. The van der Waals surface area contributed by atoms with Crippen molar-refractivity contribution in [2.24, 2.45) is 0 Å². The van der Waals surface area contributed by atoms with Crippen LogP contribution in [0.3, 0.4) is 0 Å². The Bertz CT molecular complexity index is 381. The third-order valence-corrected chi connectivity index (χ3v) is 3.13. The van der Waals surface area contributed by atoms with E-state index in [4.69, 9.17) is 0 Å². The number of rotatable bonds is 4. The van der Waals surface area contributed by atoms with Crippen LogP contribution >= 0.6 is 0 Å². The van der Waals surface area contributed by atoms with Crippen molar-refractivity contribution in [1.82, 2.24) is 5.32 Å². The molecule has 1 rings (SSSR count). The number of alkyl halides is 1. The maximum Gasteiger partial charge on any atom is 0.117 e. The van der Waals surface area contributed by atoms with Gasteiger partial charge in [0.2, 0.25) is 0 Å². The highest BCUT2D eigenvalue weighted by Gasteiger charge is 2.15. The van der Waals surface area contributed by atoms with Gasteiger partial charge in [-0.2, -0.15) is 0 Å². The van der Waals surface area contributed by atoms with Crippen molar-refractivity contribution < 1.29 is 4.39 Å². The summed E-state index contributed by atoms with van der Waals surface area (Å²) < 4.78 is 13.9. The third-order valence-electron chi connectivity index (χ3n) is 3.13. The van der Waals surface area contributed by atoms with Crippen LogP contribution in [0.15, 0.2) is 24.3 Å². The summed E-state index contributed by atoms with van der Waals surface area (Å²) in [6.45, 7) is 13.1. The summed E-state index contributed by atoms with van der Waals surface area (Å²) in [5, 5.41) is 3.20. The molecule has 1 aromatic carbocycles. The Morgan fingerprint density at radius 1 is 1.00 bits per heavy atom. The summed E-state index contributed by atoms with van der Waals surface area (Å²) in [6, 6.07) is 8.31. The molecule has 0 fully saturated rings. The highest BCUT2D eigenvalue weighted by molar-refractivity contribution is 5.27. The van der Waals surface area contributed by atoms with Gasteiger partial charge in [0.15, 0.2) is 0 Å². The van der Waals surface area contributed by atoms with E-state index in [9.17, 15) is 4.39 Å². The number of hydrogen-bond acceptors (Lipinski definition) is 1. The molecule has 108 valence electrons. The van der Waals surface area contributed by atoms with Gasteiger partial charge in [0.25, 0.3) is 0 Å². The molecule has 1 aromatic rings. The van der Waals surface area contributed by atoms with E-state index in [1.807, 2.05) is 12.1 Å². The van der Waals surface area contributed by atoms with Crippen LogP contribution in [0.1, 0.15) is 52.7 Å². The molecule has 0 bridgehead atoms. The fourth-order valence-corrected chi connectivity index (χ4v) is 1.89. The SMILES string of the molecule is CC(C)(C)NCC(F)Cc1ccc(C(C)(C)C)cc1. The summed E-state index contributed by atoms with van der Waals surface area (Å²) >= 11 is 0. The first-order valence-corrected chi connectivity index (χ1v) is 7.06. The molecule has 0 aliphatic heterocycles. The number of hydrogen-bond donors (Lipinski definition) is 1. The third kappa shape index (κ3) is 6.20. The monoisotopic (exact) mass is 265 g/mol. The largest absolute Gasteiger partial charge is 0.309 e. The lowest BCUT2D eigenvalue weighted by atomic mass is 9.86. The summed E-state index contributed by atoms with van der Waals surface area (Å²) in [5.74, 6) is 0. The first-order valence-electron chi connectivity index (χ1n) is 7.06. The van der Waals surface area contributed by atoms with Crippen molar-refractivity contribution in [3.63, 3.8) is 0 Å². The van der Waals surface area contributed by atoms with Gasteiger partial charge in [-0.05, 0) is 37.3 Å². The zero-order chi connectivity index (χ0) is 14.7. The number of benzene rings is 1. The highest BCUT2D eigenvalue weighted by atomic mass is 19.1. The molecule has 0 spiro atoms. The molecule has 0 radical (unpaired) electrons. The van der Waals surface area contributed by atoms with Gasteiger partial charge in [-0.25, -0.2) is 4.39 Å². The van der Waals surface area contributed by atoms with Crippen LogP contribution in [0.4, 0.5) is 4.39 Å². The first kappa shape index (κ1) is 16.2. The zero-order valence-electron chi connectivity index (χ0n) is 13.2. The molecular formula is C17H28FN. The summed E-state index contributed by atoms with van der Waals surface area (Å²) in [4.78, 5) is 0. The van der Waals surface area contributed by atoms with Crippen LogP contribution in [-0.2, 0) is 11.8 Å². The Hall–Kier alpha value is -0.890. The van der Waals surface area contributed by atoms with Crippen molar-refractivity contribution >= 4 is 0 Å². The lowest BCUT2D eigenvalue weighted by Gasteiger charge is -2.22. The molecule has 0 amide bonds. The minimum Gasteiger partial charge on any atom is -0.309 e. The van der Waals surface area contributed by atoms with E-state index >= 15 is 0 Å². The van der Waals surface area contributed by atoms with Crippen LogP contribution < -0.4 is 5.32 Å². The molecule has 0 saturated carbocycles. The zero-order valence-corrected chi connectivity index (χ0v) is 13.2. The molecule has 0 aliphatic carbocycles. The Labute approximate surface area is 117 Å². The van der Waals surface area contributed by atoms with Gasteiger partial charge < -0.3 is 5.32 Å². The maximum atomic E-state index is 13.9. The van der Waals surface area contributed by atoms with E-state index in [2.05, 4.69) is 59.0 Å². The summed E-state index contributed by atoms with van der Waals surface area (Å²) in [6.07, 6.45) is -0.354. The average molecular weight is 265 g/mol. The van der Waals surface area contributed by atoms with Gasteiger partial charge in [-0.1, -0.05) is 45.0 Å². The van der Waals surface area contributed by atoms with Crippen LogP contribution in [0.2, 0.25) is 0 Å². The molecule has 0 heterocycles. The lowest BCUT2D eigenvalue weighted by Crippen LogP contribution is -2.40. The van der Waals surface area contributed by atoms with Gasteiger partial charge in [0.1, 0.15) is 6.17 Å². The van der Waals surface area contributed by atoms with Crippen LogP contribution in [-0.4, -0.2) is 18.3 Å². The van der Waals surface area contributed by atoms with Crippen molar-refractivity contribution in [2.75, 3.05) is 6.54 Å². The van der Waals surface area contributed by atoms with E-state index < -0.39 is 6.17 Å². The topological polar surface area (TPSA) is 12.0 Å². The van der Waals surface area contributed by atoms with E-state index in [0.717, 1.165) is 5.56 Å². The average Bonchev–Trinajstić information content (AvgIpc) is 2.25. The number of halogens is 1. The predicted molar refractivity (Wildman–Crippen MR) is 81.5 cm³/mol. The molecule has 2 heteroatoms. The second-order valence-corrected chi connectivity index (χ2v) is 7.38. The Balaban J connectivity index is 2.54. The van der Waals surface area contributed by atoms with E-state index in [1.54, 1.807) is 0 Å². The quantitative estimate of drug-likeness (QED) is 0.858. The minimum absolute atomic E-state index is 0.0273. The van der Waals surface area contributed by atoms with Crippen molar-refractivity contribution in [3.05, 3.63) is 35.4 Å². The molecule has 0 saturated heterocycles. The summed E-state index contributed by atoms with van der Waals surface area (Å²) in [5.41, 5.74) is 2.48. The van der Waals surface area contributed by atoms with Gasteiger partial charge in [-0.3, -0.25) is 0 Å². The second-order valence-electron chi connectivity index (χ2n) is 7.38. The predicted octanol–water partition coefficient (Wildman–Crippen LogP) is 4.25. The molecule has 0 aromatic heterocycles. The van der Waals surface area contributed by atoms with Crippen molar-refractivity contribution in [3.8, 4) is 0 Å². The molecule has 19 heavy (non-hydrogen) atoms. The molecule has 1 atom stereocenters. The van der Waals surface area contributed by atoms with Crippen molar-refractivity contribution in [2.45, 2.75) is 65.1 Å². The van der Waals surface area contributed by atoms with Crippen molar-refractivity contribution in [1.29, 1.82) is 0 Å². The minimum atomic E-state index is -0.834. The van der Waals surface area contributed by atoms with E-state index in [0.29, 0.717) is 13.0 Å². The Morgan fingerprint density at radius 2 is 1.53 bits per heavy atom. The molecular weight excluding hydrogens is 237 g/mol. The van der Waals surface area contributed by atoms with Crippen LogP contribution in [0, 0.1) is 0 Å². The molecule has 0 aliphatic rings. The van der Waals surface area contributed by atoms with Gasteiger partial charge in [-0.15, -0.1) is 0 Å². The summed E-state index contributed by atoms with van der Waals surface area (Å²) in [7, 11) is 0. The number of nitrogens with one attached hydrogen (secondary N) is 1. The maximum absolute atomic E-state index is 13.9. The fraction of sp³-hybridized carbons (Fsp3) is 0.647. The van der Waals surface area contributed by atoms with Gasteiger partial charge in [0, 0.05) is 18.5 Å². The van der Waals surface area contributed by atoms with Gasteiger partial charge >= 0.3 is 0 Å². The molecule has 1 N–H and O–H groups in total. The van der Waals surface area contributed by atoms with E-state index in [1.165, 1.54) is 5.56 Å². The Kier molecular flexibility index (Phi) is 5.14. The molecule has 1 nitrogen and oxygen atoms in total. The normalized spacial score (nSPS) is 14.5. The fourth-order valence-electron chi connectivity index (χ4n) is 1.89. The second kappa shape index (κ2) is 6.04. The smallest absolute Gasteiger partial charge is 0.117 e. The lowest BCUT2D eigenvalue weighted by molar-refractivity contribution is 0.284. The van der Waals surface area contributed by atoms with E-state index in [-0.39, 0.29) is 11.0 Å². The molecule has 1 unspecified atom stereocenters.